The Balaban J connectivity index is 1.43. The summed E-state index contributed by atoms with van der Waals surface area (Å²) in [4.78, 5) is 54.3. The Morgan fingerprint density at radius 2 is 1.60 bits per heavy atom. The molecule has 1 N–H and O–H groups in total. The topological polar surface area (TPSA) is 88.5 Å². The summed E-state index contributed by atoms with van der Waals surface area (Å²) in [5, 5.41) is 1.78. The Bertz CT molecular complexity index is 1820. The van der Waals surface area contributed by atoms with Gasteiger partial charge in [-0.1, -0.05) is 65.1 Å². The molecule has 2 aliphatic rings. The number of hydrogen-bond donors (Lipinski definition) is 1. The number of nitrogens with zero attached hydrogens (tertiary/aromatic N) is 2. The van der Waals surface area contributed by atoms with E-state index in [2.05, 4.69) is 5.32 Å². The number of alkyl halides is 3. The second-order valence-electron chi connectivity index (χ2n) is 10.2. The number of rotatable bonds is 5. The molecule has 1 fully saturated rings. The van der Waals surface area contributed by atoms with Crippen LogP contribution in [0.3, 0.4) is 0 Å². The quantitative estimate of drug-likeness (QED) is 0.223. The number of thioether (sulfide) groups is 1. The molecule has 1 aromatic heterocycles. The predicted molar refractivity (Wildman–Crippen MR) is 154 cm³/mol. The van der Waals surface area contributed by atoms with E-state index >= 15 is 0 Å². The number of aryl methyl sites for hydroxylation is 1. The lowest BCUT2D eigenvalue weighted by Gasteiger charge is -2.30. The lowest BCUT2D eigenvalue weighted by molar-refractivity contribution is -0.137. The summed E-state index contributed by atoms with van der Waals surface area (Å²) in [5.74, 6) is -4.92. The zero-order valence-electron chi connectivity index (χ0n) is 22.2. The molecule has 1 saturated heterocycles. The van der Waals surface area contributed by atoms with E-state index in [0.29, 0.717) is 21.0 Å². The van der Waals surface area contributed by atoms with E-state index in [1.807, 2.05) is 19.1 Å². The Kier molecular flexibility index (Phi) is 7.25. The third kappa shape index (κ3) is 5.16. The normalized spacial score (nSPS) is 19.7. The molecule has 0 bridgehead atoms. The zero-order valence-corrected chi connectivity index (χ0v) is 23.9. The number of anilines is 2. The number of aromatic nitrogens is 1. The van der Waals surface area contributed by atoms with Gasteiger partial charge in [0.2, 0.25) is 17.7 Å². The van der Waals surface area contributed by atoms with Crippen molar-refractivity contribution in [2.75, 3.05) is 10.2 Å². The molecule has 13 heteroatoms. The highest BCUT2D eigenvalue weighted by molar-refractivity contribution is 8.00. The molecule has 0 aliphatic carbocycles. The van der Waals surface area contributed by atoms with E-state index < -0.39 is 69.5 Å². The third-order valence-corrected chi connectivity index (χ3v) is 9.97. The zero-order chi connectivity index (χ0) is 30.6. The minimum absolute atomic E-state index is 0.261. The lowest BCUT2D eigenvalue weighted by atomic mass is 9.83. The molecule has 220 valence electrons. The van der Waals surface area contributed by atoms with E-state index in [-0.39, 0.29) is 5.03 Å². The van der Waals surface area contributed by atoms with Gasteiger partial charge in [0.05, 0.1) is 22.2 Å². The summed E-state index contributed by atoms with van der Waals surface area (Å²) < 4.78 is 56.8. The van der Waals surface area contributed by atoms with Gasteiger partial charge in [-0.3, -0.25) is 23.7 Å². The van der Waals surface area contributed by atoms with Crippen LogP contribution in [0.4, 0.5) is 28.9 Å². The van der Waals surface area contributed by atoms with Gasteiger partial charge in [0.1, 0.15) is 17.6 Å². The van der Waals surface area contributed by atoms with Crippen molar-refractivity contribution in [1.82, 2.24) is 4.57 Å². The number of nitrogens with one attached hydrogen (secondary N) is 1. The van der Waals surface area contributed by atoms with Crippen LogP contribution in [0.1, 0.15) is 27.5 Å². The monoisotopic (exact) mass is 627 g/mol. The fourth-order valence-electron chi connectivity index (χ4n) is 5.41. The van der Waals surface area contributed by atoms with Crippen molar-refractivity contribution in [2.24, 2.45) is 5.92 Å². The number of hydrogen-bond acceptors (Lipinski definition) is 6. The first-order valence-corrected chi connectivity index (χ1v) is 14.7. The van der Waals surface area contributed by atoms with Crippen molar-refractivity contribution in [3.05, 3.63) is 110 Å². The van der Waals surface area contributed by atoms with Crippen LogP contribution in [0.2, 0.25) is 0 Å². The second-order valence-corrected chi connectivity index (χ2v) is 12.3. The summed E-state index contributed by atoms with van der Waals surface area (Å²) in [6, 6.07) is 16.5. The molecule has 6 rings (SSSR count). The van der Waals surface area contributed by atoms with Crippen molar-refractivity contribution in [2.45, 2.75) is 35.8 Å². The van der Waals surface area contributed by atoms with E-state index in [4.69, 9.17) is 0 Å². The molecule has 43 heavy (non-hydrogen) atoms. The standard InChI is InChI=1S/C30H21F4N3O4S2/c1-15-6-12-18(13-7-15)35-21(38)14-36-28-25(43-29(36)41)22(16-8-10-17(31)11-9-16)23-24(42-28)27(40)37(26(23)39)20-5-3-2-4-19(20)30(32,33)34/h2-13,22-24H,14H2,1H3,(H,35,38)/t22-,23-,24+/m0/s1. The van der Waals surface area contributed by atoms with Gasteiger partial charge >= 0.3 is 11.0 Å². The first kappa shape index (κ1) is 28.9. The fourth-order valence-corrected chi connectivity index (χ4v) is 8.18. The fraction of sp³-hybridized carbons (Fsp3) is 0.200. The molecule has 3 heterocycles. The van der Waals surface area contributed by atoms with Gasteiger partial charge in [-0.25, -0.2) is 9.29 Å². The lowest BCUT2D eigenvalue weighted by Crippen LogP contribution is -2.33. The van der Waals surface area contributed by atoms with Gasteiger partial charge in [0.25, 0.3) is 0 Å². The average Bonchev–Trinajstić information content (AvgIpc) is 3.40. The number of carbonyl (C=O) groups is 3. The maximum Gasteiger partial charge on any atom is 0.418 e. The molecule has 3 amide bonds. The Labute approximate surface area is 250 Å². The SMILES string of the molecule is Cc1ccc(NC(=O)Cn2c3c(sc2=O)[C@@H](c2ccc(F)cc2)[C@@H]2C(=O)N(c4ccccc4C(F)(F)F)C(=O)[C@@H]2S3)cc1. The van der Waals surface area contributed by atoms with E-state index in [9.17, 15) is 36.7 Å². The summed E-state index contributed by atoms with van der Waals surface area (Å²) in [6.07, 6.45) is -4.84. The van der Waals surface area contributed by atoms with Crippen molar-refractivity contribution < 1.29 is 31.9 Å². The molecule has 0 spiro atoms. The summed E-state index contributed by atoms with van der Waals surface area (Å²) in [5.41, 5.74) is 0.179. The molecule has 3 aromatic carbocycles. The predicted octanol–water partition coefficient (Wildman–Crippen LogP) is 5.81. The van der Waals surface area contributed by atoms with Crippen molar-refractivity contribution in [3.8, 4) is 0 Å². The number of para-hydroxylation sites is 1. The van der Waals surface area contributed by atoms with Gasteiger partial charge in [-0.2, -0.15) is 13.2 Å². The van der Waals surface area contributed by atoms with Crippen LogP contribution in [0.25, 0.3) is 0 Å². The van der Waals surface area contributed by atoms with Crippen molar-refractivity contribution in [1.29, 1.82) is 0 Å². The molecule has 0 unspecified atom stereocenters. The second kappa shape index (κ2) is 10.8. The Morgan fingerprint density at radius 3 is 2.28 bits per heavy atom. The number of thiazole rings is 1. The minimum Gasteiger partial charge on any atom is -0.325 e. The maximum absolute atomic E-state index is 13.9. The van der Waals surface area contributed by atoms with Crippen molar-refractivity contribution in [3.63, 3.8) is 0 Å². The maximum atomic E-state index is 13.9. The van der Waals surface area contributed by atoms with Gasteiger partial charge in [-0.05, 0) is 48.9 Å². The van der Waals surface area contributed by atoms with Crippen LogP contribution in [-0.4, -0.2) is 27.5 Å². The number of imide groups is 1. The third-order valence-electron chi connectivity index (χ3n) is 7.37. The first-order valence-electron chi connectivity index (χ1n) is 13.0. The highest BCUT2D eigenvalue weighted by Gasteiger charge is 2.57. The number of carbonyl (C=O) groups excluding carboxylic acids is 3. The number of amides is 3. The molecular weight excluding hydrogens is 606 g/mol. The van der Waals surface area contributed by atoms with Gasteiger partial charge in [0, 0.05) is 16.5 Å². The van der Waals surface area contributed by atoms with Crippen LogP contribution >= 0.6 is 23.1 Å². The highest BCUT2D eigenvalue weighted by Crippen LogP contribution is 2.54. The van der Waals surface area contributed by atoms with Crippen LogP contribution in [0.5, 0.6) is 0 Å². The van der Waals surface area contributed by atoms with Gasteiger partial charge < -0.3 is 5.32 Å². The smallest absolute Gasteiger partial charge is 0.325 e. The number of fused-ring (bicyclic) bond motifs is 2. The summed E-state index contributed by atoms with van der Waals surface area (Å²) >= 11 is 1.66. The van der Waals surface area contributed by atoms with E-state index in [1.54, 1.807) is 12.1 Å². The van der Waals surface area contributed by atoms with Crippen molar-refractivity contribution >= 4 is 52.2 Å². The number of halogens is 4. The van der Waals surface area contributed by atoms with Crippen LogP contribution in [-0.2, 0) is 27.1 Å². The van der Waals surface area contributed by atoms with Gasteiger partial charge in [0.15, 0.2) is 0 Å². The molecule has 0 radical (unpaired) electrons. The molecule has 3 atom stereocenters. The van der Waals surface area contributed by atoms with Crippen LogP contribution in [0, 0.1) is 18.7 Å². The van der Waals surface area contributed by atoms with E-state index in [1.165, 1.54) is 41.0 Å². The van der Waals surface area contributed by atoms with Crippen LogP contribution < -0.4 is 15.1 Å². The molecule has 0 saturated carbocycles. The average molecular weight is 628 g/mol. The molecule has 2 aliphatic heterocycles. The van der Waals surface area contributed by atoms with Crippen LogP contribution in [0.15, 0.2) is 82.6 Å². The minimum atomic E-state index is -4.84. The highest BCUT2D eigenvalue weighted by atomic mass is 32.2. The van der Waals surface area contributed by atoms with Gasteiger partial charge in [-0.15, -0.1) is 0 Å². The molecule has 4 aromatic rings. The number of benzene rings is 3. The first-order chi connectivity index (χ1) is 20.4. The summed E-state index contributed by atoms with van der Waals surface area (Å²) in [7, 11) is 0. The summed E-state index contributed by atoms with van der Waals surface area (Å²) in [6.45, 7) is 1.49. The largest absolute Gasteiger partial charge is 0.418 e. The Morgan fingerprint density at radius 1 is 0.930 bits per heavy atom. The Hall–Kier alpha value is -4.23. The molecular formula is C30H21F4N3O4S2. The van der Waals surface area contributed by atoms with E-state index in [0.717, 1.165) is 40.8 Å². The molecule has 7 nitrogen and oxygen atoms in total.